The van der Waals surface area contributed by atoms with Crippen LogP contribution in [0.4, 0.5) is 0 Å². The normalized spacial score (nSPS) is 18.1. The Morgan fingerprint density at radius 1 is 1.52 bits per heavy atom. The summed E-state index contributed by atoms with van der Waals surface area (Å²) in [6.45, 7) is 5.82. The molecule has 2 aromatic rings. The number of likely N-dealkylation sites (N-methyl/N-ethyl adjacent to an activating group) is 1. The Labute approximate surface area is 140 Å². The predicted molar refractivity (Wildman–Crippen MR) is 90.3 cm³/mol. The predicted octanol–water partition coefficient (Wildman–Crippen LogP) is 3.15. The third kappa shape index (κ3) is 3.48. The summed E-state index contributed by atoms with van der Waals surface area (Å²) in [7, 11) is 1.97. The standard InChI is InChI=1S/C17H23N3O2S/c1-12-15(13(2)22-18-12)9-19(3)10-17(21)20-7-4-5-16(20)14-6-8-23-11-14/h6,8,11,16H,4-5,7,9-10H2,1-3H3/t16-/m1/s1. The maximum atomic E-state index is 12.7. The average Bonchev–Trinajstić information content (AvgIpc) is 3.23. The minimum Gasteiger partial charge on any atom is -0.361 e. The van der Waals surface area contributed by atoms with E-state index in [9.17, 15) is 4.79 Å². The van der Waals surface area contributed by atoms with Gasteiger partial charge in [-0.25, -0.2) is 0 Å². The van der Waals surface area contributed by atoms with Crippen molar-refractivity contribution in [3.63, 3.8) is 0 Å². The van der Waals surface area contributed by atoms with Crippen LogP contribution >= 0.6 is 11.3 Å². The van der Waals surface area contributed by atoms with Crippen molar-refractivity contribution in [3.8, 4) is 0 Å². The van der Waals surface area contributed by atoms with Crippen LogP contribution in [0.1, 0.15) is 41.5 Å². The lowest BCUT2D eigenvalue weighted by Crippen LogP contribution is -2.38. The van der Waals surface area contributed by atoms with Crippen molar-refractivity contribution < 1.29 is 9.32 Å². The van der Waals surface area contributed by atoms with Crippen LogP contribution in [-0.2, 0) is 11.3 Å². The molecule has 1 amide bonds. The van der Waals surface area contributed by atoms with Crippen LogP contribution < -0.4 is 0 Å². The second-order valence-corrected chi connectivity index (χ2v) is 7.06. The molecule has 5 nitrogen and oxygen atoms in total. The highest BCUT2D eigenvalue weighted by Gasteiger charge is 2.30. The third-order valence-corrected chi connectivity index (χ3v) is 5.22. The Kier molecular flexibility index (Phi) is 4.82. The summed E-state index contributed by atoms with van der Waals surface area (Å²) in [4.78, 5) is 16.8. The Morgan fingerprint density at radius 3 is 3.00 bits per heavy atom. The maximum Gasteiger partial charge on any atom is 0.237 e. The van der Waals surface area contributed by atoms with Gasteiger partial charge >= 0.3 is 0 Å². The molecular weight excluding hydrogens is 310 g/mol. The number of hydrogen-bond acceptors (Lipinski definition) is 5. The number of amides is 1. The number of carbonyl (C=O) groups is 1. The highest BCUT2D eigenvalue weighted by molar-refractivity contribution is 7.07. The van der Waals surface area contributed by atoms with E-state index in [0.717, 1.165) is 36.4 Å². The first-order valence-electron chi connectivity index (χ1n) is 7.98. The molecular formula is C17H23N3O2S. The topological polar surface area (TPSA) is 49.6 Å². The van der Waals surface area contributed by atoms with Gasteiger partial charge in [0.2, 0.25) is 5.91 Å². The van der Waals surface area contributed by atoms with Crippen LogP contribution in [0.2, 0.25) is 0 Å². The van der Waals surface area contributed by atoms with Crippen molar-refractivity contribution in [2.75, 3.05) is 20.1 Å². The van der Waals surface area contributed by atoms with E-state index in [2.05, 4.69) is 22.0 Å². The summed E-state index contributed by atoms with van der Waals surface area (Å²) in [5.74, 6) is 1.03. The number of likely N-dealkylation sites (tertiary alicyclic amines) is 1. The second kappa shape index (κ2) is 6.84. The van der Waals surface area contributed by atoms with Gasteiger partial charge in [0.05, 0.1) is 18.3 Å². The highest BCUT2D eigenvalue weighted by atomic mass is 32.1. The number of carbonyl (C=O) groups excluding carboxylic acids is 1. The Morgan fingerprint density at radius 2 is 2.35 bits per heavy atom. The quantitative estimate of drug-likeness (QED) is 0.843. The van der Waals surface area contributed by atoms with E-state index in [0.29, 0.717) is 13.1 Å². The zero-order valence-electron chi connectivity index (χ0n) is 13.9. The van der Waals surface area contributed by atoms with Crippen molar-refractivity contribution in [3.05, 3.63) is 39.4 Å². The molecule has 0 radical (unpaired) electrons. The monoisotopic (exact) mass is 333 g/mol. The molecule has 1 aliphatic heterocycles. The third-order valence-electron chi connectivity index (χ3n) is 4.52. The van der Waals surface area contributed by atoms with Gasteiger partial charge in [-0.1, -0.05) is 5.16 Å². The van der Waals surface area contributed by atoms with Gasteiger partial charge in [-0.2, -0.15) is 11.3 Å². The average molecular weight is 333 g/mol. The first kappa shape index (κ1) is 16.2. The molecule has 0 unspecified atom stereocenters. The Bertz CT molecular complexity index is 646. The number of nitrogens with zero attached hydrogens (tertiary/aromatic N) is 3. The maximum absolute atomic E-state index is 12.7. The summed E-state index contributed by atoms with van der Waals surface area (Å²) >= 11 is 1.69. The zero-order valence-corrected chi connectivity index (χ0v) is 14.7. The van der Waals surface area contributed by atoms with E-state index >= 15 is 0 Å². The Hall–Kier alpha value is -1.66. The highest BCUT2D eigenvalue weighted by Crippen LogP contribution is 2.33. The smallest absolute Gasteiger partial charge is 0.237 e. The molecule has 3 rings (SSSR count). The van der Waals surface area contributed by atoms with Gasteiger partial charge < -0.3 is 9.42 Å². The minimum absolute atomic E-state index is 0.202. The molecule has 1 saturated heterocycles. The van der Waals surface area contributed by atoms with E-state index in [4.69, 9.17) is 4.52 Å². The van der Waals surface area contributed by atoms with Gasteiger partial charge in [0.15, 0.2) is 0 Å². The van der Waals surface area contributed by atoms with Crippen LogP contribution in [0, 0.1) is 13.8 Å². The van der Waals surface area contributed by atoms with E-state index < -0.39 is 0 Å². The zero-order chi connectivity index (χ0) is 16.4. The summed E-state index contributed by atoms with van der Waals surface area (Å²) in [6.07, 6.45) is 2.15. The summed E-state index contributed by atoms with van der Waals surface area (Å²) in [5, 5.41) is 8.22. The molecule has 23 heavy (non-hydrogen) atoms. The number of rotatable bonds is 5. The molecule has 0 bridgehead atoms. The fourth-order valence-corrected chi connectivity index (χ4v) is 3.96. The number of hydrogen-bond donors (Lipinski definition) is 0. The van der Waals surface area contributed by atoms with Crippen LogP contribution in [0.3, 0.4) is 0 Å². The van der Waals surface area contributed by atoms with Gasteiger partial charge in [0, 0.05) is 18.7 Å². The molecule has 0 saturated carbocycles. The van der Waals surface area contributed by atoms with Crippen molar-refractivity contribution in [2.45, 2.75) is 39.3 Å². The van der Waals surface area contributed by atoms with Crippen molar-refractivity contribution in [2.24, 2.45) is 0 Å². The van der Waals surface area contributed by atoms with Gasteiger partial charge in [0.1, 0.15) is 5.76 Å². The van der Waals surface area contributed by atoms with E-state index in [1.54, 1.807) is 11.3 Å². The van der Waals surface area contributed by atoms with Gasteiger partial charge in [-0.05, 0) is 56.1 Å². The van der Waals surface area contributed by atoms with E-state index in [1.807, 2.05) is 30.7 Å². The fraction of sp³-hybridized carbons (Fsp3) is 0.529. The van der Waals surface area contributed by atoms with Gasteiger partial charge in [0.25, 0.3) is 0 Å². The molecule has 1 aliphatic rings. The molecule has 6 heteroatoms. The number of aromatic nitrogens is 1. The number of thiophene rings is 1. The van der Waals surface area contributed by atoms with Crippen molar-refractivity contribution in [1.29, 1.82) is 0 Å². The SMILES string of the molecule is Cc1noc(C)c1CN(C)CC(=O)N1CCC[C@@H]1c1ccsc1. The lowest BCUT2D eigenvalue weighted by atomic mass is 10.1. The molecule has 1 fully saturated rings. The van der Waals surface area contributed by atoms with Crippen molar-refractivity contribution in [1.82, 2.24) is 15.0 Å². The molecule has 0 N–H and O–H groups in total. The van der Waals surface area contributed by atoms with Gasteiger partial charge in [-0.3, -0.25) is 9.69 Å². The summed E-state index contributed by atoms with van der Waals surface area (Å²) in [5.41, 5.74) is 3.25. The molecule has 0 aromatic carbocycles. The second-order valence-electron chi connectivity index (χ2n) is 6.28. The first-order valence-corrected chi connectivity index (χ1v) is 8.92. The molecule has 0 spiro atoms. The van der Waals surface area contributed by atoms with Crippen molar-refractivity contribution >= 4 is 17.2 Å². The summed E-state index contributed by atoms with van der Waals surface area (Å²) < 4.78 is 5.20. The number of aryl methyl sites for hydroxylation is 2. The molecule has 1 atom stereocenters. The van der Waals surface area contributed by atoms with Crippen LogP contribution in [-0.4, -0.2) is 41.0 Å². The first-order chi connectivity index (χ1) is 11.1. The van der Waals surface area contributed by atoms with Crippen LogP contribution in [0.25, 0.3) is 0 Å². The van der Waals surface area contributed by atoms with Gasteiger partial charge in [-0.15, -0.1) is 0 Å². The Balaban J connectivity index is 1.62. The van der Waals surface area contributed by atoms with Crippen LogP contribution in [0.5, 0.6) is 0 Å². The van der Waals surface area contributed by atoms with E-state index in [-0.39, 0.29) is 11.9 Å². The molecule has 0 aliphatic carbocycles. The minimum atomic E-state index is 0.202. The molecule has 124 valence electrons. The van der Waals surface area contributed by atoms with E-state index in [1.165, 1.54) is 5.56 Å². The fourth-order valence-electron chi connectivity index (χ4n) is 3.25. The molecule has 2 aromatic heterocycles. The van der Waals surface area contributed by atoms with Crippen LogP contribution in [0.15, 0.2) is 21.3 Å². The largest absolute Gasteiger partial charge is 0.361 e. The summed E-state index contributed by atoms with van der Waals surface area (Å²) in [6, 6.07) is 2.38. The lowest BCUT2D eigenvalue weighted by molar-refractivity contribution is -0.133. The molecule has 3 heterocycles. The lowest BCUT2D eigenvalue weighted by Gasteiger charge is -2.26.